The molecule has 1 aliphatic heterocycles. The fourth-order valence-corrected chi connectivity index (χ4v) is 4.05. The molecule has 2 heterocycles. The quantitative estimate of drug-likeness (QED) is 0.542. The molecule has 2 amide bonds. The third-order valence-electron chi connectivity index (χ3n) is 5.04. The molecule has 0 radical (unpaired) electrons. The van der Waals surface area contributed by atoms with Crippen molar-refractivity contribution in [2.45, 2.75) is 12.5 Å². The Balaban J connectivity index is 1.58. The van der Waals surface area contributed by atoms with Crippen molar-refractivity contribution in [3.8, 4) is 5.69 Å². The number of benzene rings is 2. The first-order valence-corrected chi connectivity index (χ1v) is 10.3. The zero-order valence-electron chi connectivity index (χ0n) is 16.4. The van der Waals surface area contributed by atoms with Crippen LogP contribution in [0.3, 0.4) is 0 Å². The van der Waals surface area contributed by atoms with Crippen molar-refractivity contribution in [2.24, 2.45) is 11.5 Å². The Morgan fingerprint density at radius 3 is 2.35 bits per heavy atom. The number of amides is 2. The number of nitrogens with zero attached hydrogens (tertiary/aromatic N) is 3. The van der Waals surface area contributed by atoms with Crippen LogP contribution in [0, 0.1) is 0 Å². The van der Waals surface area contributed by atoms with Crippen LogP contribution in [0.1, 0.15) is 27.3 Å². The van der Waals surface area contributed by atoms with Crippen LogP contribution in [0.25, 0.3) is 5.69 Å². The molecule has 8 nitrogen and oxygen atoms in total. The summed E-state index contributed by atoms with van der Waals surface area (Å²) in [6.45, 7) is 1.22. The van der Waals surface area contributed by atoms with E-state index in [9.17, 15) is 9.59 Å². The first-order valence-electron chi connectivity index (χ1n) is 9.59. The molecule has 0 bridgehead atoms. The van der Waals surface area contributed by atoms with E-state index in [1.807, 2.05) is 0 Å². The third-order valence-corrected chi connectivity index (χ3v) is 5.65. The van der Waals surface area contributed by atoms with Crippen molar-refractivity contribution in [3.63, 3.8) is 0 Å². The molecule has 0 saturated carbocycles. The first kappa shape index (κ1) is 21.2. The van der Waals surface area contributed by atoms with Gasteiger partial charge in [0, 0.05) is 30.4 Å². The molecule has 5 N–H and O–H groups in total. The van der Waals surface area contributed by atoms with Gasteiger partial charge in [-0.1, -0.05) is 29.3 Å². The maximum absolute atomic E-state index is 12.6. The smallest absolute Gasteiger partial charge is 0.271 e. The van der Waals surface area contributed by atoms with Crippen molar-refractivity contribution in [2.75, 3.05) is 18.4 Å². The Hall–Kier alpha value is -3.07. The molecule has 0 spiro atoms. The average Bonchev–Trinajstić information content (AvgIpc) is 3.34. The van der Waals surface area contributed by atoms with Crippen LogP contribution < -0.4 is 16.8 Å². The lowest BCUT2D eigenvalue weighted by molar-refractivity contribution is 0.0790. The Bertz CT molecular complexity index is 1130. The van der Waals surface area contributed by atoms with Crippen molar-refractivity contribution in [1.82, 2.24) is 14.7 Å². The molecule has 1 aliphatic rings. The van der Waals surface area contributed by atoms with E-state index in [0.717, 1.165) is 6.42 Å². The number of para-hydroxylation sites is 1. The van der Waals surface area contributed by atoms with Gasteiger partial charge >= 0.3 is 0 Å². The van der Waals surface area contributed by atoms with E-state index in [2.05, 4.69) is 10.4 Å². The minimum atomic E-state index is -0.707. The molecule has 160 valence electrons. The molecular weight excluding hydrogens is 439 g/mol. The number of hydrogen-bond acceptors (Lipinski definition) is 5. The Morgan fingerprint density at radius 2 is 1.77 bits per heavy atom. The minimum absolute atomic E-state index is 0.0280. The zero-order chi connectivity index (χ0) is 22.1. The normalized spacial score (nSPS) is 15.8. The molecule has 31 heavy (non-hydrogen) atoms. The number of primary amides is 1. The molecule has 1 fully saturated rings. The summed E-state index contributed by atoms with van der Waals surface area (Å²) in [7, 11) is 0. The van der Waals surface area contributed by atoms with Crippen LogP contribution in [0.4, 0.5) is 11.4 Å². The molecule has 3 aromatic rings. The molecule has 4 rings (SSSR count). The summed E-state index contributed by atoms with van der Waals surface area (Å²) in [5.41, 5.74) is 13.5. The molecule has 10 heteroatoms. The van der Waals surface area contributed by atoms with Gasteiger partial charge in [-0.2, -0.15) is 5.10 Å². The van der Waals surface area contributed by atoms with E-state index >= 15 is 0 Å². The van der Waals surface area contributed by atoms with E-state index in [1.165, 1.54) is 4.68 Å². The Kier molecular flexibility index (Phi) is 5.86. The topological polar surface area (TPSA) is 119 Å². The van der Waals surface area contributed by atoms with E-state index in [1.54, 1.807) is 53.6 Å². The molecule has 2 aromatic carbocycles. The maximum Gasteiger partial charge on any atom is 0.271 e. The number of hydrogen-bond donors (Lipinski definition) is 3. The van der Waals surface area contributed by atoms with Gasteiger partial charge in [0.25, 0.3) is 11.8 Å². The fraction of sp³-hybridized carbons (Fsp3) is 0.190. The lowest BCUT2D eigenvalue weighted by Crippen LogP contribution is -2.31. The molecule has 1 unspecified atom stereocenters. The number of carbonyl (C=O) groups is 2. The van der Waals surface area contributed by atoms with Crippen LogP contribution in [0.5, 0.6) is 0 Å². The number of nitrogens with one attached hydrogen (secondary N) is 1. The highest BCUT2D eigenvalue weighted by Crippen LogP contribution is 2.30. The van der Waals surface area contributed by atoms with Crippen molar-refractivity contribution in [3.05, 3.63) is 70.0 Å². The predicted molar refractivity (Wildman–Crippen MR) is 120 cm³/mol. The van der Waals surface area contributed by atoms with Crippen LogP contribution in [0.15, 0.2) is 48.7 Å². The van der Waals surface area contributed by atoms with Gasteiger partial charge in [-0.15, -0.1) is 0 Å². The minimum Gasteiger partial charge on any atom is -0.364 e. The lowest BCUT2D eigenvalue weighted by Gasteiger charge is -2.16. The molecular formula is C21H20Cl2N6O2. The highest BCUT2D eigenvalue weighted by Gasteiger charge is 2.24. The van der Waals surface area contributed by atoms with Gasteiger partial charge in [0.2, 0.25) is 0 Å². The number of anilines is 2. The Morgan fingerprint density at radius 1 is 1.10 bits per heavy atom. The summed E-state index contributed by atoms with van der Waals surface area (Å²) in [4.78, 5) is 26.2. The Labute approximate surface area is 188 Å². The molecule has 1 atom stereocenters. The van der Waals surface area contributed by atoms with Gasteiger partial charge in [-0.25, -0.2) is 4.68 Å². The molecule has 1 aromatic heterocycles. The zero-order valence-corrected chi connectivity index (χ0v) is 17.9. The summed E-state index contributed by atoms with van der Waals surface area (Å²) in [6, 6.07) is 12.0. The third kappa shape index (κ3) is 4.36. The molecule has 1 saturated heterocycles. The van der Waals surface area contributed by atoms with Gasteiger partial charge in [0.15, 0.2) is 5.69 Å². The summed E-state index contributed by atoms with van der Waals surface area (Å²) in [6.07, 6.45) is 2.39. The van der Waals surface area contributed by atoms with Gasteiger partial charge in [-0.05, 0) is 42.8 Å². The predicted octanol–water partition coefficient (Wildman–Crippen LogP) is 3.19. The van der Waals surface area contributed by atoms with E-state index in [4.69, 9.17) is 34.7 Å². The van der Waals surface area contributed by atoms with E-state index < -0.39 is 5.91 Å². The van der Waals surface area contributed by atoms with E-state index in [-0.39, 0.29) is 17.6 Å². The SMILES string of the molecule is NC(=O)c1nn(-c2c(Cl)cccc2Cl)cc1Nc1ccc(C(=O)N2CCC(N)C2)cc1. The number of carbonyl (C=O) groups excluding carboxylic acids is 2. The number of aromatic nitrogens is 2. The monoisotopic (exact) mass is 458 g/mol. The maximum atomic E-state index is 12.6. The number of halogens is 2. The summed E-state index contributed by atoms with van der Waals surface area (Å²) in [5.74, 6) is -0.764. The fourth-order valence-electron chi connectivity index (χ4n) is 3.48. The highest BCUT2D eigenvalue weighted by atomic mass is 35.5. The van der Waals surface area contributed by atoms with Crippen LogP contribution in [-0.2, 0) is 0 Å². The number of likely N-dealkylation sites (tertiary alicyclic amines) is 1. The van der Waals surface area contributed by atoms with Gasteiger partial charge in [-0.3, -0.25) is 9.59 Å². The lowest BCUT2D eigenvalue weighted by atomic mass is 10.1. The summed E-state index contributed by atoms with van der Waals surface area (Å²) in [5, 5.41) is 8.11. The largest absolute Gasteiger partial charge is 0.364 e. The average molecular weight is 459 g/mol. The molecule has 0 aliphatic carbocycles. The summed E-state index contributed by atoms with van der Waals surface area (Å²) < 4.78 is 1.40. The standard InChI is InChI=1S/C21H20Cl2N6O2/c22-15-2-1-3-16(23)19(15)29-11-17(18(27-29)20(25)30)26-14-6-4-12(5-7-14)21(31)28-9-8-13(24)10-28/h1-7,11,13,26H,8-10,24H2,(H2,25,30). The highest BCUT2D eigenvalue weighted by molar-refractivity contribution is 6.37. The summed E-state index contributed by atoms with van der Waals surface area (Å²) >= 11 is 12.5. The number of nitrogens with two attached hydrogens (primary N) is 2. The van der Waals surface area contributed by atoms with Gasteiger partial charge in [0.1, 0.15) is 5.69 Å². The van der Waals surface area contributed by atoms with Crippen molar-refractivity contribution >= 4 is 46.4 Å². The second kappa shape index (κ2) is 8.58. The first-order chi connectivity index (χ1) is 14.8. The van der Waals surface area contributed by atoms with Gasteiger partial charge in [0.05, 0.1) is 21.9 Å². The number of rotatable bonds is 5. The second-order valence-corrected chi connectivity index (χ2v) is 8.09. The van der Waals surface area contributed by atoms with Crippen molar-refractivity contribution < 1.29 is 9.59 Å². The van der Waals surface area contributed by atoms with Crippen molar-refractivity contribution in [1.29, 1.82) is 0 Å². The van der Waals surface area contributed by atoms with E-state index in [0.29, 0.717) is 45.8 Å². The van der Waals surface area contributed by atoms with Crippen LogP contribution in [-0.4, -0.2) is 45.6 Å². The van der Waals surface area contributed by atoms with Gasteiger partial charge < -0.3 is 21.7 Å². The van der Waals surface area contributed by atoms with Crippen LogP contribution >= 0.6 is 23.2 Å². The second-order valence-electron chi connectivity index (χ2n) is 7.27. The van der Waals surface area contributed by atoms with Crippen LogP contribution in [0.2, 0.25) is 10.0 Å².